The molecule has 8 nitrogen and oxygen atoms in total. The maximum atomic E-state index is 10.7. The summed E-state index contributed by atoms with van der Waals surface area (Å²) in [6, 6.07) is 0. The van der Waals surface area contributed by atoms with Crippen LogP contribution in [0.1, 0.15) is 0 Å². The lowest BCUT2D eigenvalue weighted by molar-refractivity contribution is 0.178. The van der Waals surface area contributed by atoms with Crippen LogP contribution >= 0.6 is 15.6 Å². The molecule has 0 aliphatic heterocycles. The number of hydrogen-bond donors (Lipinski definition) is 2. The van der Waals surface area contributed by atoms with Crippen LogP contribution in [0.2, 0.25) is 0 Å². The second-order valence-electron chi connectivity index (χ2n) is 1.67. The Bertz CT molecular complexity index is 202. The molecule has 0 saturated heterocycles. The molecule has 0 heterocycles. The average molecular weight is 252 g/mol. The first-order chi connectivity index (χ1) is 6.24. The monoisotopic (exact) mass is 252 g/mol. The minimum absolute atomic E-state index is 0.945. The molecule has 0 aliphatic carbocycles. The summed E-state index contributed by atoms with van der Waals surface area (Å²) >= 11 is 0. The van der Waals surface area contributed by atoms with Crippen molar-refractivity contribution in [3.05, 3.63) is 0 Å². The number of rotatable bonds is 4. The van der Waals surface area contributed by atoms with Gasteiger partial charge in [0.05, 0.1) is 0 Å². The number of phosphoric ester groups is 2. The first-order valence-corrected chi connectivity index (χ1v) is 6.12. The van der Waals surface area contributed by atoms with Gasteiger partial charge in [-0.05, 0) is 0 Å². The van der Waals surface area contributed by atoms with E-state index >= 15 is 0 Å². The zero-order chi connectivity index (χ0) is 11.8. The second kappa shape index (κ2) is 7.50. The molecule has 14 heavy (non-hydrogen) atoms. The lowest BCUT2D eigenvalue weighted by Crippen LogP contribution is -1.88. The molecular weight excluding hydrogens is 238 g/mol. The molecule has 88 valence electrons. The molecule has 0 aromatic carbocycles. The van der Waals surface area contributed by atoms with Crippen LogP contribution in [0.3, 0.4) is 0 Å². The largest absolute Gasteiger partial charge is 0.473 e. The minimum Gasteiger partial charge on any atom is -0.303 e. The Hall–Kier alpha value is 0.220. The van der Waals surface area contributed by atoms with Crippen molar-refractivity contribution in [2.45, 2.75) is 0 Å². The van der Waals surface area contributed by atoms with Gasteiger partial charge < -0.3 is 9.79 Å². The third kappa shape index (κ3) is 10.3. The molecule has 0 amide bonds. The van der Waals surface area contributed by atoms with Crippen molar-refractivity contribution in [1.29, 1.82) is 0 Å². The van der Waals surface area contributed by atoms with Crippen LogP contribution in [0.15, 0.2) is 0 Å². The van der Waals surface area contributed by atoms with E-state index in [4.69, 9.17) is 9.79 Å². The van der Waals surface area contributed by atoms with Gasteiger partial charge in [0.1, 0.15) is 0 Å². The van der Waals surface area contributed by atoms with Gasteiger partial charge in [0.15, 0.2) is 0 Å². The zero-order valence-electron chi connectivity index (χ0n) is 8.24. The molecule has 0 saturated carbocycles. The third-order valence-corrected chi connectivity index (χ3v) is 2.73. The molecule has 0 fully saturated rings. The highest BCUT2D eigenvalue weighted by molar-refractivity contribution is 7.48. The van der Waals surface area contributed by atoms with Crippen LogP contribution in [-0.2, 0) is 27.2 Å². The molecule has 0 aromatic heterocycles. The molecule has 0 aromatic rings. The van der Waals surface area contributed by atoms with Crippen molar-refractivity contribution >= 4 is 15.6 Å². The van der Waals surface area contributed by atoms with E-state index in [0.29, 0.717) is 0 Å². The van der Waals surface area contributed by atoms with Crippen molar-refractivity contribution in [1.82, 2.24) is 0 Å². The molecule has 0 spiro atoms. The minimum atomic E-state index is -4.15. The second-order valence-corrected chi connectivity index (χ2v) is 5.00. The summed E-state index contributed by atoms with van der Waals surface area (Å²) < 4.78 is 36.8. The van der Waals surface area contributed by atoms with Gasteiger partial charge in [-0.25, -0.2) is 9.13 Å². The molecule has 0 atom stereocenters. The predicted molar refractivity (Wildman–Crippen MR) is 47.7 cm³/mol. The van der Waals surface area contributed by atoms with Gasteiger partial charge >= 0.3 is 15.6 Å². The normalized spacial score (nSPS) is 11.9. The van der Waals surface area contributed by atoms with Crippen molar-refractivity contribution in [3.8, 4) is 0 Å². The molecule has 10 heteroatoms. The van der Waals surface area contributed by atoms with Gasteiger partial charge in [-0.15, -0.1) is 0 Å². The number of phosphoric acid groups is 2. The summed E-state index contributed by atoms with van der Waals surface area (Å²) in [6.07, 6.45) is 0. The van der Waals surface area contributed by atoms with E-state index in [9.17, 15) is 9.13 Å². The lowest BCUT2D eigenvalue weighted by Gasteiger charge is -2.08. The summed E-state index contributed by atoms with van der Waals surface area (Å²) in [4.78, 5) is 15.4. The molecule has 0 bridgehead atoms. The van der Waals surface area contributed by atoms with E-state index in [-0.39, 0.29) is 0 Å². The first kappa shape index (κ1) is 16.6. The SMILES string of the molecule is COP(=O)(O)O.COP(=O)(OC)OC. The molecular formula is C4H14O8P2. The van der Waals surface area contributed by atoms with Crippen molar-refractivity contribution in [2.24, 2.45) is 0 Å². The average Bonchev–Trinajstić information content (AvgIpc) is 2.16. The summed E-state index contributed by atoms with van der Waals surface area (Å²) in [5.41, 5.74) is 0. The van der Waals surface area contributed by atoms with Crippen LogP contribution in [0.4, 0.5) is 0 Å². The van der Waals surface area contributed by atoms with E-state index in [0.717, 1.165) is 7.11 Å². The summed E-state index contributed by atoms with van der Waals surface area (Å²) in [7, 11) is -2.59. The molecule has 0 aliphatic rings. The van der Waals surface area contributed by atoms with E-state index in [2.05, 4.69) is 18.1 Å². The number of hydrogen-bond acceptors (Lipinski definition) is 6. The van der Waals surface area contributed by atoms with Crippen LogP contribution in [-0.4, -0.2) is 38.2 Å². The van der Waals surface area contributed by atoms with Crippen LogP contribution < -0.4 is 0 Å². The van der Waals surface area contributed by atoms with Gasteiger partial charge in [0.2, 0.25) is 0 Å². The maximum Gasteiger partial charge on any atom is 0.473 e. The van der Waals surface area contributed by atoms with Gasteiger partial charge in [0, 0.05) is 28.4 Å². The smallest absolute Gasteiger partial charge is 0.303 e. The lowest BCUT2D eigenvalue weighted by atomic mass is 11.8. The fourth-order valence-electron chi connectivity index (χ4n) is 0.224. The summed E-state index contributed by atoms with van der Waals surface area (Å²) in [5.74, 6) is 0. The molecule has 0 rings (SSSR count). The van der Waals surface area contributed by atoms with Crippen molar-refractivity contribution in [3.63, 3.8) is 0 Å². The third-order valence-electron chi connectivity index (χ3n) is 0.909. The predicted octanol–water partition coefficient (Wildman–Crippen LogP) is 0.759. The van der Waals surface area contributed by atoms with Gasteiger partial charge in [-0.1, -0.05) is 0 Å². The quantitative estimate of drug-likeness (QED) is 0.705. The molecule has 0 unspecified atom stereocenters. The Morgan fingerprint density at radius 3 is 1.00 bits per heavy atom. The summed E-state index contributed by atoms with van der Waals surface area (Å²) in [6.45, 7) is 0. The van der Waals surface area contributed by atoms with Crippen LogP contribution in [0, 0.1) is 0 Å². The van der Waals surface area contributed by atoms with Crippen LogP contribution in [0.25, 0.3) is 0 Å². The Morgan fingerprint density at radius 2 is 1.00 bits per heavy atom. The van der Waals surface area contributed by atoms with E-state index in [1.807, 2.05) is 0 Å². The summed E-state index contributed by atoms with van der Waals surface area (Å²) in [5, 5.41) is 0. The standard InChI is InChI=1S/C3H9O4P.CH5O4P/c1-5-8(4,6-2)7-3;1-5-6(2,3)4/h1-3H3;1H3,(H2,2,3,4). The Morgan fingerprint density at radius 1 is 0.786 bits per heavy atom. The topological polar surface area (TPSA) is 112 Å². The zero-order valence-corrected chi connectivity index (χ0v) is 10.0. The highest BCUT2D eigenvalue weighted by Gasteiger charge is 2.18. The van der Waals surface area contributed by atoms with E-state index < -0.39 is 15.6 Å². The van der Waals surface area contributed by atoms with E-state index in [1.165, 1.54) is 21.3 Å². The van der Waals surface area contributed by atoms with Gasteiger partial charge in [0.25, 0.3) is 0 Å². The first-order valence-electron chi connectivity index (χ1n) is 3.13. The van der Waals surface area contributed by atoms with Crippen molar-refractivity contribution in [2.75, 3.05) is 28.4 Å². The van der Waals surface area contributed by atoms with Crippen molar-refractivity contribution < 1.29 is 37.0 Å². The Balaban J connectivity index is 0. The molecule has 2 N–H and O–H groups in total. The van der Waals surface area contributed by atoms with Gasteiger partial charge in [-0.3, -0.25) is 18.1 Å². The Kier molecular flexibility index (Phi) is 8.92. The Labute approximate surface area is 82.0 Å². The fraction of sp³-hybridized carbons (Fsp3) is 1.00. The molecule has 0 radical (unpaired) electrons. The highest BCUT2D eigenvalue weighted by atomic mass is 31.2. The highest BCUT2D eigenvalue weighted by Crippen LogP contribution is 2.46. The van der Waals surface area contributed by atoms with Gasteiger partial charge in [-0.2, -0.15) is 0 Å². The van der Waals surface area contributed by atoms with E-state index in [1.54, 1.807) is 0 Å². The maximum absolute atomic E-state index is 10.7. The fourth-order valence-corrected chi connectivity index (χ4v) is 0.671. The van der Waals surface area contributed by atoms with Crippen LogP contribution in [0.5, 0.6) is 0 Å².